The van der Waals surface area contributed by atoms with Crippen molar-refractivity contribution < 1.29 is 4.74 Å². The molecule has 1 atom stereocenters. The Kier molecular flexibility index (Phi) is 4.62. The van der Waals surface area contributed by atoms with Crippen LogP contribution in [0.4, 0.5) is 11.6 Å². The Morgan fingerprint density at radius 3 is 3.06 bits per heavy atom. The zero-order valence-corrected chi connectivity index (χ0v) is 11.5. The highest BCUT2D eigenvalue weighted by molar-refractivity contribution is 7.98. The number of hydrazine groups is 1. The third-order valence-electron chi connectivity index (χ3n) is 2.92. The Morgan fingerprint density at radius 2 is 2.44 bits per heavy atom. The van der Waals surface area contributed by atoms with Gasteiger partial charge in [-0.05, 0) is 19.1 Å². The summed E-state index contributed by atoms with van der Waals surface area (Å²) < 4.78 is 5.63. The van der Waals surface area contributed by atoms with E-state index in [2.05, 4.69) is 20.3 Å². The number of likely N-dealkylation sites (N-methyl/N-ethyl adjacent to an activating group) is 1. The number of nitrogen functional groups attached to an aromatic ring is 1. The first-order valence-corrected chi connectivity index (χ1v) is 7.18. The van der Waals surface area contributed by atoms with Crippen molar-refractivity contribution in [3.63, 3.8) is 0 Å². The molecule has 1 aromatic heterocycles. The lowest BCUT2D eigenvalue weighted by Crippen LogP contribution is -2.29. The average molecular weight is 269 g/mol. The molecule has 1 aliphatic rings. The van der Waals surface area contributed by atoms with Crippen LogP contribution in [0.5, 0.6) is 0 Å². The van der Waals surface area contributed by atoms with Gasteiger partial charge in [-0.25, -0.2) is 15.8 Å². The first-order chi connectivity index (χ1) is 8.72. The lowest BCUT2D eigenvalue weighted by atomic mass is 10.2. The van der Waals surface area contributed by atoms with Crippen LogP contribution in [0.2, 0.25) is 0 Å². The fourth-order valence-corrected chi connectivity index (χ4v) is 2.34. The molecule has 0 spiro atoms. The van der Waals surface area contributed by atoms with Crippen molar-refractivity contribution in [3.8, 4) is 0 Å². The predicted octanol–water partition coefficient (Wildman–Crippen LogP) is 1.10. The SMILES string of the molecule is CSc1nc(NN)cc(N(C)CC2CCCO2)n1. The third kappa shape index (κ3) is 3.24. The highest BCUT2D eigenvalue weighted by Gasteiger charge is 2.18. The molecule has 1 aromatic rings. The van der Waals surface area contributed by atoms with Crippen LogP contribution < -0.4 is 16.2 Å². The highest BCUT2D eigenvalue weighted by Crippen LogP contribution is 2.21. The molecule has 0 saturated carbocycles. The molecule has 18 heavy (non-hydrogen) atoms. The molecule has 2 rings (SSSR count). The number of thioether (sulfide) groups is 1. The van der Waals surface area contributed by atoms with Gasteiger partial charge in [-0.1, -0.05) is 11.8 Å². The van der Waals surface area contributed by atoms with Crippen molar-refractivity contribution >= 4 is 23.4 Å². The Balaban J connectivity index is 2.09. The molecule has 0 bridgehead atoms. The molecule has 2 heterocycles. The Morgan fingerprint density at radius 1 is 1.61 bits per heavy atom. The Hall–Kier alpha value is -1.05. The molecular weight excluding hydrogens is 250 g/mol. The van der Waals surface area contributed by atoms with Crippen LogP contribution in [0.3, 0.4) is 0 Å². The molecule has 7 heteroatoms. The van der Waals surface area contributed by atoms with Gasteiger partial charge in [0.2, 0.25) is 0 Å². The van der Waals surface area contributed by atoms with E-state index in [0.717, 1.165) is 31.8 Å². The van der Waals surface area contributed by atoms with Gasteiger partial charge in [-0.15, -0.1) is 0 Å². The maximum absolute atomic E-state index is 5.63. The number of hydrogen-bond acceptors (Lipinski definition) is 7. The van der Waals surface area contributed by atoms with Crippen LogP contribution in [-0.2, 0) is 4.74 Å². The molecule has 0 aromatic carbocycles. The van der Waals surface area contributed by atoms with E-state index in [1.807, 2.05) is 19.4 Å². The summed E-state index contributed by atoms with van der Waals surface area (Å²) in [5, 5.41) is 0.708. The second-order valence-corrected chi connectivity index (χ2v) is 5.03. The first-order valence-electron chi connectivity index (χ1n) is 5.95. The summed E-state index contributed by atoms with van der Waals surface area (Å²) in [5.74, 6) is 6.90. The van der Waals surface area contributed by atoms with Gasteiger partial charge in [0, 0.05) is 26.3 Å². The fourth-order valence-electron chi connectivity index (χ4n) is 1.96. The number of ether oxygens (including phenoxy) is 1. The van der Waals surface area contributed by atoms with Crippen molar-refractivity contribution in [2.24, 2.45) is 5.84 Å². The fraction of sp³-hybridized carbons (Fsp3) is 0.636. The van der Waals surface area contributed by atoms with E-state index in [4.69, 9.17) is 10.6 Å². The number of anilines is 2. The summed E-state index contributed by atoms with van der Waals surface area (Å²) in [7, 11) is 2.01. The maximum Gasteiger partial charge on any atom is 0.191 e. The number of nitrogens with two attached hydrogens (primary N) is 1. The quantitative estimate of drug-likeness (QED) is 0.359. The summed E-state index contributed by atoms with van der Waals surface area (Å²) in [6, 6.07) is 1.84. The van der Waals surface area contributed by atoms with Crippen molar-refractivity contribution in [1.29, 1.82) is 0 Å². The molecule has 3 N–H and O–H groups in total. The second kappa shape index (κ2) is 6.21. The molecule has 0 aliphatic carbocycles. The molecule has 1 fully saturated rings. The van der Waals surface area contributed by atoms with Gasteiger partial charge in [0.05, 0.1) is 6.10 Å². The van der Waals surface area contributed by atoms with E-state index in [1.54, 1.807) is 0 Å². The summed E-state index contributed by atoms with van der Waals surface area (Å²) in [6.45, 7) is 1.71. The Labute approximate surface area is 111 Å². The van der Waals surface area contributed by atoms with Crippen molar-refractivity contribution in [3.05, 3.63) is 6.07 Å². The number of aromatic nitrogens is 2. The monoisotopic (exact) mass is 269 g/mol. The number of rotatable bonds is 5. The smallest absolute Gasteiger partial charge is 0.191 e. The van der Waals surface area contributed by atoms with Gasteiger partial charge in [0.25, 0.3) is 0 Å². The second-order valence-electron chi connectivity index (χ2n) is 4.26. The van der Waals surface area contributed by atoms with Gasteiger partial charge in [-0.2, -0.15) is 0 Å². The summed E-state index contributed by atoms with van der Waals surface area (Å²) >= 11 is 1.50. The minimum atomic E-state index is 0.303. The van der Waals surface area contributed by atoms with E-state index < -0.39 is 0 Å². The molecule has 6 nitrogen and oxygen atoms in total. The maximum atomic E-state index is 5.63. The predicted molar refractivity (Wildman–Crippen MR) is 73.9 cm³/mol. The zero-order valence-electron chi connectivity index (χ0n) is 10.7. The van der Waals surface area contributed by atoms with Gasteiger partial charge in [-0.3, -0.25) is 0 Å². The summed E-state index contributed by atoms with van der Waals surface area (Å²) in [4.78, 5) is 10.8. The van der Waals surface area contributed by atoms with Crippen molar-refractivity contribution in [1.82, 2.24) is 9.97 Å². The molecule has 1 unspecified atom stereocenters. The third-order valence-corrected chi connectivity index (χ3v) is 3.46. The molecule has 1 aliphatic heterocycles. The van der Waals surface area contributed by atoms with Crippen LogP contribution in [0.15, 0.2) is 11.2 Å². The molecule has 1 saturated heterocycles. The van der Waals surface area contributed by atoms with E-state index >= 15 is 0 Å². The van der Waals surface area contributed by atoms with Gasteiger partial charge in [0.1, 0.15) is 11.6 Å². The van der Waals surface area contributed by atoms with Crippen molar-refractivity contribution in [2.45, 2.75) is 24.1 Å². The van der Waals surface area contributed by atoms with E-state index in [0.29, 0.717) is 17.1 Å². The molecule has 0 radical (unpaired) electrons. The standard InChI is InChI=1S/C11H19N5OS/c1-16(7-8-4-3-5-17-8)10-6-9(15-12)13-11(14-10)18-2/h6,8H,3-5,7,12H2,1-2H3,(H,13,14,15). The van der Waals surface area contributed by atoms with Gasteiger partial charge >= 0.3 is 0 Å². The summed E-state index contributed by atoms with van der Waals surface area (Å²) in [5.41, 5.74) is 2.57. The topological polar surface area (TPSA) is 76.3 Å². The molecular formula is C11H19N5OS. The van der Waals surface area contributed by atoms with E-state index in [1.165, 1.54) is 11.8 Å². The number of hydrogen-bond donors (Lipinski definition) is 2. The van der Waals surface area contributed by atoms with E-state index in [9.17, 15) is 0 Å². The number of nitrogens with zero attached hydrogens (tertiary/aromatic N) is 3. The van der Waals surface area contributed by atoms with Crippen LogP contribution in [0.25, 0.3) is 0 Å². The average Bonchev–Trinajstić information content (AvgIpc) is 2.90. The van der Waals surface area contributed by atoms with Crippen molar-refractivity contribution in [2.75, 3.05) is 36.8 Å². The molecule has 0 amide bonds. The summed E-state index contributed by atoms with van der Waals surface area (Å²) in [6.07, 6.45) is 4.51. The van der Waals surface area contributed by atoms with Crippen LogP contribution >= 0.6 is 11.8 Å². The minimum Gasteiger partial charge on any atom is -0.376 e. The van der Waals surface area contributed by atoms with Crippen LogP contribution in [0.1, 0.15) is 12.8 Å². The van der Waals surface area contributed by atoms with Crippen LogP contribution in [-0.4, -0.2) is 42.5 Å². The highest BCUT2D eigenvalue weighted by atomic mass is 32.2. The normalized spacial score (nSPS) is 18.9. The zero-order chi connectivity index (χ0) is 13.0. The minimum absolute atomic E-state index is 0.303. The lowest BCUT2D eigenvalue weighted by molar-refractivity contribution is 0.116. The lowest BCUT2D eigenvalue weighted by Gasteiger charge is -2.22. The van der Waals surface area contributed by atoms with Gasteiger partial charge < -0.3 is 15.1 Å². The van der Waals surface area contributed by atoms with Crippen LogP contribution in [0, 0.1) is 0 Å². The van der Waals surface area contributed by atoms with E-state index in [-0.39, 0.29) is 0 Å². The first kappa shape index (κ1) is 13.4. The number of nitrogens with one attached hydrogen (secondary N) is 1. The van der Waals surface area contributed by atoms with Gasteiger partial charge in [0.15, 0.2) is 5.16 Å². The molecule has 100 valence electrons. The largest absolute Gasteiger partial charge is 0.376 e. The Bertz CT molecular complexity index is 375.